The Labute approximate surface area is 122 Å². The first-order chi connectivity index (χ1) is 9.84. The number of imidazole rings is 1. The number of hydrogen-bond acceptors (Lipinski definition) is 2. The van der Waals surface area contributed by atoms with Crippen LogP contribution in [0.4, 0.5) is 0 Å². The van der Waals surface area contributed by atoms with Gasteiger partial charge in [-0.25, -0.2) is 4.98 Å². The maximum absolute atomic E-state index is 5.13. The molecule has 0 saturated heterocycles. The van der Waals surface area contributed by atoms with E-state index in [0.717, 1.165) is 19.0 Å². The standard InChI is InChI=1S/C17H27N3/c1-2-17(9-5-10-17)20-15-8-11-18-12-14(15)19-16(20)13-6-3-4-7-13/h13,18H,2-12H2,1H3. The van der Waals surface area contributed by atoms with Crippen LogP contribution in [0.15, 0.2) is 0 Å². The van der Waals surface area contributed by atoms with Crippen molar-refractivity contribution in [3.8, 4) is 0 Å². The summed E-state index contributed by atoms with van der Waals surface area (Å²) in [6.07, 6.45) is 12.1. The Bertz CT molecular complexity index is 487. The average Bonchev–Trinajstić information content (AvgIpc) is 3.05. The van der Waals surface area contributed by atoms with E-state index < -0.39 is 0 Å². The quantitative estimate of drug-likeness (QED) is 0.914. The van der Waals surface area contributed by atoms with Gasteiger partial charge in [0.25, 0.3) is 0 Å². The van der Waals surface area contributed by atoms with Crippen LogP contribution in [0.1, 0.15) is 81.4 Å². The first kappa shape index (κ1) is 12.9. The van der Waals surface area contributed by atoms with Gasteiger partial charge in [0.2, 0.25) is 0 Å². The third-order valence-corrected chi connectivity index (χ3v) is 6.05. The molecule has 3 heteroatoms. The molecule has 0 bridgehead atoms. The summed E-state index contributed by atoms with van der Waals surface area (Å²) in [5.74, 6) is 2.20. The van der Waals surface area contributed by atoms with E-state index in [1.807, 2.05) is 0 Å². The lowest BCUT2D eigenvalue weighted by molar-refractivity contribution is 0.125. The molecule has 20 heavy (non-hydrogen) atoms. The van der Waals surface area contributed by atoms with Crippen molar-refractivity contribution in [2.75, 3.05) is 6.54 Å². The molecule has 1 N–H and O–H groups in total. The van der Waals surface area contributed by atoms with Gasteiger partial charge in [0.05, 0.1) is 5.69 Å². The molecule has 0 aromatic carbocycles. The fourth-order valence-electron chi connectivity index (χ4n) is 4.64. The Morgan fingerprint density at radius 2 is 2.05 bits per heavy atom. The summed E-state index contributed by atoms with van der Waals surface area (Å²) in [7, 11) is 0. The van der Waals surface area contributed by atoms with E-state index in [2.05, 4.69) is 16.8 Å². The second-order valence-electron chi connectivity index (χ2n) is 7.04. The number of rotatable bonds is 3. The zero-order valence-electron chi connectivity index (χ0n) is 12.7. The third-order valence-electron chi connectivity index (χ3n) is 6.05. The molecule has 2 saturated carbocycles. The highest BCUT2D eigenvalue weighted by atomic mass is 15.2. The van der Waals surface area contributed by atoms with Crippen molar-refractivity contribution in [2.45, 2.75) is 82.7 Å². The molecule has 0 atom stereocenters. The maximum atomic E-state index is 5.13. The molecule has 1 aromatic rings. The SMILES string of the molecule is CCC1(n2c(C3CCCC3)nc3c2CCNC3)CCC1. The van der Waals surface area contributed by atoms with Gasteiger partial charge in [0, 0.05) is 36.7 Å². The van der Waals surface area contributed by atoms with E-state index >= 15 is 0 Å². The van der Waals surface area contributed by atoms with E-state index in [1.165, 1.54) is 69.3 Å². The van der Waals surface area contributed by atoms with Gasteiger partial charge in [-0.1, -0.05) is 19.8 Å². The molecule has 0 amide bonds. The number of aromatic nitrogens is 2. The Balaban J connectivity index is 1.82. The Hall–Kier alpha value is -0.830. The van der Waals surface area contributed by atoms with Crippen LogP contribution in [0.2, 0.25) is 0 Å². The third kappa shape index (κ3) is 1.78. The zero-order chi connectivity index (χ0) is 13.6. The Morgan fingerprint density at radius 1 is 1.25 bits per heavy atom. The summed E-state index contributed by atoms with van der Waals surface area (Å²) in [5.41, 5.74) is 3.36. The molecule has 1 aliphatic heterocycles. The molecule has 3 nitrogen and oxygen atoms in total. The fraction of sp³-hybridized carbons (Fsp3) is 0.824. The van der Waals surface area contributed by atoms with E-state index in [-0.39, 0.29) is 0 Å². The summed E-state index contributed by atoms with van der Waals surface area (Å²) in [4.78, 5) is 5.13. The predicted octanol–water partition coefficient (Wildman–Crippen LogP) is 3.48. The molecule has 0 unspecified atom stereocenters. The number of fused-ring (bicyclic) bond motifs is 1. The van der Waals surface area contributed by atoms with Gasteiger partial charge in [-0.05, 0) is 38.5 Å². The van der Waals surface area contributed by atoms with Crippen LogP contribution in [-0.2, 0) is 18.5 Å². The topological polar surface area (TPSA) is 29.9 Å². The van der Waals surface area contributed by atoms with Gasteiger partial charge in [-0.15, -0.1) is 0 Å². The molecule has 3 aliphatic rings. The van der Waals surface area contributed by atoms with Crippen molar-refractivity contribution in [1.29, 1.82) is 0 Å². The first-order valence-electron chi connectivity index (χ1n) is 8.66. The van der Waals surface area contributed by atoms with Gasteiger partial charge in [0.1, 0.15) is 5.82 Å². The van der Waals surface area contributed by atoms with E-state index in [9.17, 15) is 0 Å². The Morgan fingerprint density at radius 3 is 2.70 bits per heavy atom. The second-order valence-corrected chi connectivity index (χ2v) is 7.04. The average molecular weight is 273 g/mol. The summed E-state index contributed by atoms with van der Waals surface area (Å²) in [6, 6.07) is 0. The lowest BCUT2D eigenvalue weighted by Gasteiger charge is -2.45. The van der Waals surface area contributed by atoms with Crippen LogP contribution in [0, 0.1) is 0 Å². The molecule has 2 heterocycles. The lowest BCUT2D eigenvalue weighted by Crippen LogP contribution is -2.43. The minimum Gasteiger partial charge on any atom is -0.325 e. The van der Waals surface area contributed by atoms with E-state index in [0.29, 0.717) is 5.54 Å². The van der Waals surface area contributed by atoms with Crippen molar-refractivity contribution < 1.29 is 0 Å². The molecular formula is C17H27N3. The van der Waals surface area contributed by atoms with Crippen molar-refractivity contribution in [1.82, 2.24) is 14.9 Å². The highest BCUT2D eigenvalue weighted by Crippen LogP contribution is 2.47. The summed E-state index contributed by atoms with van der Waals surface area (Å²) in [6.45, 7) is 4.50. The first-order valence-corrected chi connectivity index (χ1v) is 8.66. The van der Waals surface area contributed by atoms with Crippen LogP contribution in [0.3, 0.4) is 0 Å². The number of nitrogens with one attached hydrogen (secondary N) is 1. The molecule has 110 valence electrons. The smallest absolute Gasteiger partial charge is 0.112 e. The minimum absolute atomic E-state index is 0.426. The zero-order valence-corrected chi connectivity index (χ0v) is 12.7. The van der Waals surface area contributed by atoms with Crippen molar-refractivity contribution in [2.24, 2.45) is 0 Å². The molecule has 2 aliphatic carbocycles. The normalized spacial score (nSPS) is 25.4. The largest absolute Gasteiger partial charge is 0.325 e. The Kier molecular flexibility index (Phi) is 3.13. The highest BCUT2D eigenvalue weighted by Gasteiger charge is 2.42. The number of nitrogens with zero attached hydrogens (tertiary/aromatic N) is 2. The van der Waals surface area contributed by atoms with Gasteiger partial charge in [0.15, 0.2) is 0 Å². The van der Waals surface area contributed by atoms with Crippen LogP contribution in [-0.4, -0.2) is 16.1 Å². The maximum Gasteiger partial charge on any atom is 0.112 e. The molecular weight excluding hydrogens is 246 g/mol. The molecule has 0 spiro atoms. The van der Waals surface area contributed by atoms with Crippen LogP contribution in [0.5, 0.6) is 0 Å². The van der Waals surface area contributed by atoms with Crippen LogP contribution < -0.4 is 5.32 Å². The summed E-state index contributed by atoms with van der Waals surface area (Å²) >= 11 is 0. The predicted molar refractivity (Wildman–Crippen MR) is 81.0 cm³/mol. The van der Waals surface area contributed by atoms with Gasteiger partial charge >= 0.3 is 0 Å². The van der Waals surface area contributed by atoms with Crippen molar-refractivity contribution in [3.63, 3.8) is 0 Å². The van der Waals surface area contributed by atoms with E-state index in [4.69, 9.17) is 4.98 Å². The fourth-order valence-corrected chi connectivity index (χ4v) is 4.64. The second kappa shape index (κ2) is 4.87. The molecule has 0 radical (unpaired) electrons. The van der Waals surface area contributed by atoms with Gasteiger partial charge < -0.3 is 9.88 Å². The lowest BCUT2D eigenvalue weighted by atomic mass is 9.74. The van der Waals surface area contributed by atoms with Crippen LogP contribution >= 0.6 is 0 Å². The molecule has 1 aromatic heterocycles. The van der Waals surface area contributed by atoms with E-state index in [1.54, 1.807) is 5.69 Å². The van der Waals surface area contributed by atoms with Gasteiger partial charge in [-0.3, -0.25) is 0 Å². The summed E-state index contributed by atoms with van der Waals surface area (Å²) in [5, 5.41) is 3.50. The van der Waals surface area contributed by atoms with Crippen molar-refractivity contribution >= 4 is 0 Å². The highest BCUT2D eigenvalue weighted by molar-refractivity contribution is 5.26. The van der Waals surface area contributed by atoms with Crippen molar-refractivity contribution in [3.05, 3.63) is 17.2 Å². The monoisotopic (exact) mass is 273 g/mol. The number of hydrogen-bond donors (Lipinski definition) is 1. The summed E-state index contributed by atoms with van der Waals surface area (Å²) < 4.78 is 2.75. The molecule has 4 rings (SSSR count). The van der Waals surface area contributed by atoms with Gasteiger partial charge in [-0.2, -0.15) is 0 Å². The minimum atomic E-state index is 0.426. The van der Waals surface area contributed by atoms with Crippen LogP contribution in [0.25, 0.3) is 0 Å². The molecule has 2 fully saturated rings.